The normalized spacial score (nSPS) is 15.3. The summed E-state index contributed by atoms with van der Waals surface area (Å²) in [5.74, 6) is 1.93. The van der Waals surface area contributed by atoms with E-state index in [1.807, 2.05) is 0 Å². The van der Waals surface area contributed by atoms with Gasteiger partial charge in [0.15, 0.2) is 0 Å². The lowest BCUT2D eigenvalue weighted by Gasteiger charge is -2.10. The lowest BCUT2D eigenvalue weighted by molar-refractivity contribution is 0.300. The quantitative estimate of drug-likeness (QED) is 0.802. The van der Waals surface area contributed by atoms with Crippen LogP contribution in [-0.4, -0.2) is 6.61 Å². The molecule has 1 aromatic carbocycles. The molecule has 2 N–H and O–H groups in total. The Morgan fingerprint density at radius 3 is 2.87 bits per heavy atom. The highest BCUT2D eigenvalue weighted by molar-refractivity contribution is 5.36. The summed E-state index contributed by atoms with van der Waals surface area (Å²) in [6, 6.07) is 6.19. The topological polar surface area (TPSA) is 35.2 Å². The Labute approximate surface area is 91.4 Å². The number of nitrogens with two attached hydrogens (primary N) is 1. The molecular formula is C13H19NO. The minimum absolute atomic E-state index is 0.583. The van der Waals surface area contributed by atoms with Crippen LogP contribution in [0.4, 0.5) is 0 Å². The van der Waals surface area contributed by atoms with Crippen LogP contribution in [-0.2, 0) is 6.54 Å². The second-order valence-corrected chi connectivity index (χ2v) is 4.38. The maximum absolute atomic E-state index is 5.77. The highest BCUT2D eigenvalue weighted by Gasteiger charge is 2.20. The maximum atomic E-state index is 5.77. The van der Waals surface area contributed by atoms with Crippen molar-refractivity contribution in [1.29, 1.82) is 0 Å². The van der Waals surface area contributed by atoms with Crippen molar-refractivity contribution in [3.63, 3.8) is 0 Å². The first kappa shape index (κ1) is 10.5. The Hall–Kier alpha value is -1.02. The monoisotopic (exact) mass is 205 g/mol. The standard InChI is InChI=1S/C13H19NO/c1-10-2-3-12(9-14)8-13(10)15-7-6-11-4-5-11/h2-3,8,11H,4-7,9,14H2,1H3. The highest BCUT2D eigenvalue weighted by atomic mass is 16.5. The van der Waals surface area contributed by atoms with E-state index >= 15 is 0 Å². The van der Waals surface area contributed by atoms with E-state index in [9.17, 15) is 0 Å². The number of benzene rings is 1. The fourth-order valence-electron chi connectivity index (χ4n) is 1.67. The van der Waals surface area contributed by atoms with Crippen LogP contribution in [0, 0.1) is 12.8 Å². The second kappa shape index (κ2) is 4.67. The third kappa shape index (κ3) is 2.96. The van der Waals surface area contributed by atoms with Crippen molar-refractivity contribution in [1.82, 2.24) is 0 Å². The molecule has 0 atom stereocenters. The van der Waals surface area contributed by atoms with Gasteiger partial charge in [0.05, 0.1) is 6.61 Å². The Kier molecular flexibility index (Phi) is 3.27. The minimum Gasteiger partial charge on any atom is -0.493 e. The molecule has 1 aliphatic rings. The summed E-state index contributed by atoms with van der Waals surface area (Å²) in [5, 5.41) is 0. The van der Waals surface area contributed by atoms with E-state index < -0.39 is 0 Å². The number of ether oxygens (including phenoxy) is 1. The van der Waals surface area contributed by atoms with E-state index in [-0.39, 0.29) is 0 Å². The molecule has 15 heavy (non-hydrogen) atoms. The summed E-state index contributed by atoms with van der Waals surface area (Å²) < 4.78 is 5.77. The molecule has 0 unspecified atom stereocenters. The maximum Gasteiger partial charge on any atom is 0.122 e. The molecule has 82 valence electrons. The van der Waals surface area contributed by atoms with Crippen LogP contribution in [0.25, 0.3) is 0 Å². The van der Waals surface area contributed by atoms with Gasteiger partial charge in [-0.25, -0.2) is 0 Å². The zero-order valence-corrected chi connectivity index (χ0v) is 9.33. The van der Waals surface area contributed by atoms with Gasteiger partial charge in [0.2, 0.25) is 0 Å². The average molecular weight is 205 g/mol. The van der Waals surface area contributed by atoms with E-state index in [2.05, 4.69) is 25.1 Å². The van der Waals surface area contributed by atoms with Crippen LogP contribution < -0.4 is 10.5 Å². The van der Waals surface area contributed by atoms with Crippen molar-refractivity contribution in [2.24, 2.45) is 11.7 Å². The van der Waals surface area contributed by atoms with Gasteiger partial charge in [-0.05, 0) is 36.5 Å². The fraction of sp³-hybridized carbons (Fsp3) is 0.538. The summed E-state index contributed by atoms with van der Waals surface area (Å²) in [6.07, 6.45) is 3.99. The van der Waals surface area contributed by atoms with Gasteiger partial charge in [-0.3, -0.25) is 0 Å². The SMILES string of the molecule is Cc1ccc(CN)cc1OCCC1CC1. The molecule has 0 saturated heterocycles. The number of hydrogen-bond acceptors (Lipinski definition) is 2. The predicted molar refractivity (Wildman–Crippen MR) is 61.9 cm³/mol. The van der Waals surface area contributed by atoms with E-state index in [1.54, 1.807) is 0 Å². The third-order valence-electron chi connectivity index (χ3n) is 2.97. The van der Waals surface area contributed by atoms with Crippen molar-refractivity contribution in [2.75, 3.05) is 6.61 Å². The van der Waals surface area contributed by atoms with Crippen molar-refractivity contribution < 1.29 is 4.74 Å². The summed E-state index contributed by atoms with van der Waals surface area (Å²) in [6.45, 7) is 3.51. The first-order valence-electron chi connectivity index (χ1n) is 5.72. The van der Waals surface area contributed by atoms with Crippen LogP contribution in [0.3, 0.4) is 0 Å². The molecule has 0 spiro atoms. The summed E-state index contributed by atoms with van der Waals surface area (Å²) >= 11 is 0. The summed E-state index contributed by atoms with van der Waals surface area (Å²) in [7, 11) is 0. The Morgan fingerprint density at radius 2 is 2.20 bits per heavy atom. The smallest absolute Gasteiger partial charge is 0.122 e. The first-order chi connectivity index (χ1) is 7.29. The summed E-state index contributed by atoms with van der Waals surface area (Å²) in [4.78, 5) is 0. The lowest BCUT2D eigenvalue weighted by atomic mass is 10.1. The second-order valence-electron chi connectivity index (χ2n) is 4.38. The molecule has 2 heteroatoms. The molecule has 1 fully saturated rings. The van der Waals surface area contributed by atoms with Crippen molar-refractivity contribution in [3.05, 3.63) is 29.3 Å². The molecule has 0 bridgehead atoms. The van der Waals surface area contributed by atoms with Gasteiger partial charge in [-0.15, -0.1) is 0 Å². The minimum atomic E-state index is 0.583. The van der Waals surface area contributed by atoms with E-state index in [1.165, 1.54) is 24.8 Å². The van der Waals surface area contributed by atoms with Gasteiger partial charge in [0.25, 0.3) is 0 Å². The predicted octanol–water partition coefficient (Wildman–Crippen LogP) is 2.63. The molecule has 0 radical (unpaired) electrons. The number of aryl methyl sites for hydroxylation is 1. The van der Waals surface area contributed by atoms with Crippen LogP contribution in [0.2, 0.25) is 0 Å². The largest absolute Gasteiger partial charge is 0.493 e. The van der Waals surface area contributed by atoms with Gasteiger partial charge in [-0.2, -0.15) is 0 Å². The van der Waals surface area contributed by atoms with Gasteiger partial charge in [0.1, 0.15) is 5.75 Å². The van der Waals surface area contributed by atoms with Crippen molar-refractivity contribution in [3.8, 4) is 5.75 Å². The molecular weight excluding hydrogens is 186 g/mol. The lowest BCUT2D eigenvalue weighted by Crippen LogP contribution is -2.02. The first-order valence-corrected chi connectivity index (χ1v) is 5.72. The molecule has 1 saturated carbocycles. The highest BCUT2D eigenvalue weighted by Crippen LogP contribution is 2.32. The molecule has 0 aliphatic heterocycles. The molecule has 0 heterocycles. The Bertz CT molecular complexity index is 331. The molecule has 1 aromatic rings. The van der Waals surface area contributed by atoms with Gasteiger partial charge in [0, 0.05) is 6.54 Å². The van der Waals surface area contributed by atoms with E-state index in [0.717, 1.165) is 23.8 Å². The Morgan fingerprint density at radius 1 is 1.40 bits per heavy atom. The van der Waals surface area contributed by atoms with Crippen molar-refractivity contribution in [2.45, 2.75) is 32.7 Å². The molecule has 2 rings (SSSR count). The van der Waals surface area contributed by atoms with Crippen LogP contribution >= 0.6 is 0 Å². The third-order valence-corrected chi connectivity index (χ3v) is 2.97. The van der Waals surface area contributed by atoms with Gasteiger partial charge < -0.3 is 10.5 Å². The van der Waals surface area contributed by atoms with Crippen LogP contribution in [0.1, 0.15) is 30.4 Å². The van der Waals surface area contributed by atoms with Crippen molar-refractivity contribution >= 4 is 0 Å². The Balaban J connectivity index is 1.92. The van der Waals surface area contributed by atoms with Gasteiger partial charge >= 0.3 is 0 Å². The number of hydrogen-bond donors (Lipinski definition) is 1. The fourth-order valence-corrected chi connectivity index (χ4v) is 1.67. The average Bonchev–Trinajstić information content (AvgIpc) is 3.05. The molecule has 1 aliphatic carbocycles. The van der Waals surface area contributed by atoms with E-state index in [0.29, 0.717) is 6.54 Å². The summed E-state index contributed by atoms with van der Waals surface area (Å²) in [5.41, 5.74) is 7.94. The molecule has 0 aromatic heterocycles. The number of rotatable bonds is 5. The van der Waals surface area contributed by atoms with Crippen LogP contribution in [0.5, 0.6) is 5.75 Å². The van der Waals surface area contributed by atoms with Crippen LogP contribution in [0.15, 0.2) is 18.2 Å². The molecule has 2 nitrogen and oxygen atoms in total. The van der Waals surface area contributed by atoms with E-state index in [4.69, 9.17) is 10.5 Å². The zero-order chi connectivity index (χ0) is 10.7. The zero-order valence-electron chi connectivity index (χ0n) is 9.33. The van der Waals surface area contributed by atoms with Gasteiger partial charge in [-0.1, -0.05) is 25.0 Å². The molecule has 0 amide bonds.